The zero-order valence-electron chi connectivity index (χ0n) is 15.5. The van der Waals surface area contributed by atoms with Gasteiger partial charge in [0.05, 0.1) is 15.9 Å². The van der Waals surface area contributed by atoms with Crippen LogP contribution < -0.4 is 4.90 Å². The minimum atomic E-state index is -3.70. The average Bonchev–Trinajstić information content (AvgIpc) is 3.39. The van der Waals surface area contributed by atoms with Crippen LogP contribution in [0.3, 0.4) is 0 Å². The molecule has 0 N–H and O–H groups in total. The maximum atomic E-state index is 12.9. The summed E-state index contributed by atoms with van der Waals surface area (Å²) in [6.07, 6.45) is 4.56. The lowest BCUT2D eigenvalue weighted by Crippen LogP contribution is -2.35. The van der Waals surface area contributed by atoms with Crippen LogP contribution in [0.2, 0.25) is 0 Å². The molecule has 2 saturated heterocycles. The smallest absolute Gasteiger partial charge is 0.293 e. The van der Waals surface area contributed by atoms with Crippen LogP contribution in [-0.2, 0) is 10.0 Å². The highest BCUT2D eigenvalue weighted by molar-refractivity contribution is 7.89. The van der Waals surface area contributed by atoms with Crippen molar-refractivity contribution in [1.29, 1.82) is 0 Å². The van der Waals surface area contributed by atoms with Gasteiger partial charge in [0.1, 0.15) is 5.69 Å². The molecular weight excluding hydrogens is 398 g/mol. The van der Waals surface area contributed by atoms with Crippen LogP contribution in [0.5, 0.6) is 0 Å². The molecule has 0 bridgehead atoms. The molecule has 9 heteroatoms. The van der Waals surface area contributed by atoms with E-state index in [9.17, 15) is 18.5 Å². The molecule has 0 spiro atoms. The lowest BCUT2D eigenvalue weighted by molar-refractivity contribution is -0.384. The molecule has 0 unspecified atom stereocenters. The van der Waals surface area contributed by atoms with Crippen molar-refractivity contribution in [2.75, 3.05) is 24.5 Å². The van der Waals surface area contributed by atoms with Gasteiger partial charge in [0.25, 0.3) is 5.69 Å². The van der Waals surface area contributed by atoms with Crippen molar-refractivity contribution in [3.8, 4) is 0 Å². The third-order valence-corrected chi connectivity index (χ3v) is 8.40. The van der Waals surface area contributed by atoms with Crippen LogP contribution in [0.1, 0.15) is 43.0 Å². The highest BCUT2D eigenvalue weighted by atomic mass is 32.2. The Labute approximate surface area is 168 Å². The monoisotopic (exact) mass is 421 g/mol. The van der Waals surface area contributed by atoms with Gasteiger partial charge in [-0.25, -0.2) is 8.42 Å². The first-order valence-corrected chi connectivity index (χ1v) is 11.9. The molecule has 1 aromatic carbocycles. The summed E-state index contributed by atoms with van der Waals surface area (Å²) in [5.74, 6) is 0. The molecule has 0 aliphatic carbocycles. The molecule has 2 aromatic rings. The van der Waals surface area contributed by atoms with E-state index in [4.69, 9.17) is 0 Å². The topological polar surface area (TPSA) is 83.8 Å². The minimum absolute atomic E-state index is 0.0109. The third-order valence-electron chi connectivity index (χ3n) is 5.53. The summed E-state index contributed by atoms with van der Waals surface area (Å²) in [5, 5.41) is 13.8. The number of piperidine rings is 1. The summed E-state index contributed by atoms with van der Waals surface area (Å²) < 4.78 is 27.3. The molecule has 2 fully saturated rings. The number of thiophene rings is 1. The van der Waals surface area contributed by atoms with Crippen LogP contribution in [-0.4, -0.2) is 37.3 Å². The summed E-state index contributed by atoms with van der Waals surface area (Å²) in [5.41, 5.74) is 0.361. The van der Waals surface area contributed by atoms with Gasteiger partial charge in [-0.15, -0.1) is 11.3 Å². The van der Waals surface area contributed by atoms with Crippen LogP contribution in [0.25, 0.3) is 0 Å². The Morgan fingerprint density at radius 1 is 1.07 bits per heavy atom. The molecule has 28 heavy (non-hydrogen) atoms. The molecule has 150 valence electrons. The van der Waals surface area contributed by atoms with Crippen LogP contribution in [0.15, 0.2) is 40.6 Å². The van der Waals surface area contributed by atoms with Crippen molar-refractivity contribution < 1.29 is 13.3 Å². The quantitative estimate of drug-likeness (QED) is 0.534. The Balaban J connectivity index is 1.71. The number of anilines is 1. The number of rotatable bonds is 5. The van der Waals surface area contributed by atoms with Crippen molar-refractivity contribution in [1.82, 2.24) is 4.31 Å². The van der Waals surface area contributed by atoms with Gasteiger partial charge in [-0.05, 0) is 49.3 Å². The second kappa shape index (κ2) is 7.81. The summed E-state index contributed by atoms with van der Waals surface area (Å²) in [6, 6.07) is 8.51. The van der Waals surface area contributed by atoms with E-state index in [-0.39, 0.29) is 16.6 Å². The molecule has 2 aliphatic heterocycles. The van der Waals surface area contributed by atoms with E-state index in [1.54, 1.807) is 17.4 Å². The maximum absolute atomic E-state index is 12.9. The largest absolute Gasteiger partial charge is 0.358 e. The Morgan fingerprint density at radius 3 is 2.54 bits per heavy atom. The first kappa shape index (κ1) is 19.4. The van der Waals surface area contributed by atoms with Gasteiger partial charge in [-0.2, -0.15) is 4.31 Å². The van der Waals surface area contributed by atoms with Crippen molar-refractivity contribution in [2.45, 2.75) is 43.0 Å². The van der Waals surface area contributed by atoms with E-state index >= 15 is 0 Å². The second-order valence-electron chi connectivity index (χ2n) is 7.24. The Morgan fingerprint density at radius 2 is 1.86 bits per heavy atom. The molecule has 1 atom stereocenters. The zero-order valence-corrected chi connectivity index (χ0v) is 17.1. The molecule has 4 rings (SSSR count). The summed E-state index contributed by atoms with van der Waals surface area (Å²) >= 11 is 1.64. The van der Waals surface area contributed by atoms with Crippen molar-refractivity contribution >= 4 is 32.7 Å². The Bertz CT molecular complexity index is 954. The molecule has 0 saturated carbocycles. The van der Waals surface area contributed by atoms with Crippen LogP contribution in [0, 0.1) is 10.1 Å². The van der Waals surface area contributed by atoms with E-state index < -0.39 is 14.9 Å². The normalized spacial score (nSPS) is 21.1. The average molecular weight is 422 g/mol. The highest BCUT2D eigenvalue weighted by Gasteiger charge is 2.34. The van der Waals surface area contributed by atoms with E-state index in [0.717, 1.165) is 38.6 Å². The Hall–Kier alpha value is -1.97. The van der Waals surface area contributed by atoms with E-state index in [0.29, 0.717) is 18.8 Å². The van der Waals surface area contributed by atoms with Crippen molar-refractivity contribution in [3.63, 3.8) is 0 Å². The summed E-state index contributed by atoms with van der Waals surface area (Å²) in [4.78, 5) is 14.6. The van der Waals surface area contributed by atoms with Gasteiger partial charge in [0, 0.05) is 30.6 Å². The van der Waals surface area contributed by atoms with E-state index in [1.807, 2.05) is 16.3 Å². The third kappa shape index (κ3) is 3.54. The van der Waals surface area contributed by atoms with Crippen molar-refractivity contribution in [2.24, 2.45) is 0 Å². The molecule has 3 heterocycles. The Kier molecular flexibility index (Phi) is 5.39. The fourth-order valence-electron chi connectivity index (χ4n) is 4.14. The first-order chi connectivity index (χ1) is 13.5. The van der Waals surface area contributed by atoms with Gasteiger partial charge in [0.2, 0.25) is 10.0 Å². The van der Waals surface area contributed by atoms with E-state index in [1.165, 1.54) is 21.3 Å². The SMILES string of the molecule is O=[N+]([O-])c1cc(S(=O)(=O)N2CCCCC2)ccc1N1CCC[C@H]1c1cccs1. The fourth-order valence-corrected chi connectivity index (χ4v) is 6.55. The molecule has 0 radical (unpaired) electrons. The fraction of sp³-hybridized carbons (Fsp3) is 0.474. The lowest BCUT2D eigenvalue weighted by atomic mass is 10.1. The minimum Gasteiger partial charge on any atom is -0.358 e. The molecule has 2 aliphatic rings. The van der Waals surface area contributed by atoms with Gasteiger partial charge in [-0.1, -0.05) is 12.5 Å². The number of sulfonamides is 1. The van der Waals surface area contributed by atoms with Gasteiger partial charge in [0.15, 0.2) is 0 Å². The number of nitro groups is 1. The predicted molar refractivity (Wildman–Crippen MR) is 109 cm³/mol. The molecule has 1 aromatic heterocycles. The maximum Gasteiger partial charge on any atom is 0.293 e. The highest BCUT2D eigenvalue weighted by Crippen LogP contribution is 2.42. The summed E-state index contributed by atoms with van der Waals surface area (Å²) in [6.45, 7) is 1.68. The number of hydrogen-bond donors (Lipinski definition) is 0. The lowest BCUT2D eigenvalue weighted by Gasteiger charge is -2.27. The van der Waals surface area contributed by atoms with Crippen LogP contribution >= 0.6 is 11.3 Å². The number of benzene rings is 1. The number of nitro benzene ring substituents is 1. The zero-order chi connectivity index (χ0) is 19.7. The summed E-state index contributed by atoms with van der Waals surface area (Å²) in [7, 11) is -3.70. The van der Waals surface area contributed by atoms with E-state index in [2.05, 4.69) is 6.07 Å². The number of hydrogen-bond acceptors (Lipinski definition) is 6. The first-order valence-electron chi connectivity index (χ1n) is 9.57. The second-order valence-corrected chi connectivity index (χ2v) is 10.2. The van der Waals surface area contributed by atoms with Crippen molar-refractivity contribution in [3.05, 3.63) is 50.7 Å². The van der Waals surface area contributed by atoms with Gasteiger partial charge in [-0.3, -0.25) is 10.1 Å². The number of nitrogens with zero attached hydrogens (tertiary/aromatic N) is 3. The van der Waals surface area contributed by atoms with Gasteiger partial charge >= 0.3 is 0 Å². The predicted octanol–water partition coefficient (Wildman–Crippen LogP) is 4.17. The molecule has 0 amide bonds. The molecular formula is C19H23N3O4S2. The standard InChI is InChI=1S/C19H23N3O4S2/c23-22(24)18-14-15(28(25,26)20-10-2-1-3-11-20)8-9-16(18)21-12-4-6-17(21)19-7-5-13-27-19/h5,7-9,13-14,17H,1-4,6,10-12H2/t17-/m0/s1. The molecule has 7 nitrogen and oxygen atoms in total. The van der Waals surface area contributed by atoms with Crippen LogP contribution in [0.4, 0.5) is 11.4 Å². The van der Waals surface area contributed by atoms with Gasteiger partial charge < -0.3 is 4.90 Å².